The molecule has 2 aromatic carbocycles. The molecule has 0 atom stereocenters. The number of likely N-dealkylation sites (tertiary alicyclic amines) is 1. The van der Waals surface area contributed by atoms with Crippen LogP contribution in [0.5, 0.6) is 6.01 Å². The van der Waals surface area contributed by atoms with Crippen LogP contribution in [0, 0.1) is 5.82 Å². The molecule has 0 spiro atoms. The first-order chi connectivity index (χ1) is 16.8. The van der Waals surface area contributed by atoms with Crippen molar-refractivity contribution in [2.75, 3.05) is 51.4 Å². The summed E-state index contributed by atoms with van der Waals surface area (Å²) < 4.78 is 22.6. The highest BCUT2D eigenvalue weighted by atomic mass is 35.5. The summed E-state index contributed by atoms with van der Waals surface area (Å²) in [4.78, 5) is 15.1. The highest BCUT2D eigenvalue weighted by Gasteiger charge is 2.22. The van der Waals surface area contributed by atoms with Gasteiger partial charge in [-0.3, -0.25) is 0 Å². The lowest BCUT2D eigenvalue weighted by molar-refractivity contribution is 0.382. The number of rotatable bonds is 5. The fourth-order valence-electron chi connectivity index (χ4n) is 4.20. The molecule has 1 saturated heterocycles. The Morgan fingerprint density at radius 3 is 2.54 bits per heavy atom. The standard InChI is InChI=1S/C19H19ClFN7O.C5H11N/c1-28-16-9(4-3-5-12(16)25-18(28)23)13-11(20)8-10-15(14(13)21)26-19(29-2)27-17(10)24-7-6-22;1-6-4-2-3-5-6/h3-5,8H,6-7,22H2,1-2H3,(H2,23,25)(H,24,26,27);2-5H2,1H3. The number of aromatic nitrogens is 4. The second-order valence-electron chi connectivity index (χ2n) is 8.43. The molecular formula is C24H30ClFN8O. The van der Waals surface area contributed by atoms with E-state index in [2.05, 4.69) is 32.2 Å². The van der Waals surface area contributed by atoms with Crippen molar-refractivity contribution < 1.29 is 9.13 Å². The highest BCUT2D eigenvalue weighted by molar-refractivity contribution is 6.34. The zero-order chi connectivity index (χ0) is 25.1. The average Bonchev–Trinajstić information content (AvgIpc) is 3.44. The predicted molar refractivity (Wildman–Crippen MR) is 139 cm³/mol. The van der Waals surface area contributed by atoms with Crippen LogP contribution in [0.1, 0.15) is 12.8 Å². The van der Waals surface area contributed by atoms with Crippen LogP contribution in [0.25, 0.3) is 33.1 Å². The topological polar surface area (TPSA) is 120 Å². The van der Waals surface area contributed by atoms with Crippen LogP contribution >= 0.6 is 11.6 Å². The predicted octanol–water partition coefficient (Wildman–Crippen LogP) is 3.65. The Labute approximate surface area is 208 Å². The van der Waals surface area contributed by atoms with Gasteiger partial charge in [0.15, 0.2) is 5.82 Å². The summed E-state index contributed by atoms with van der Waals surface area (Å²) in [6.45, 7) is 3.47. The molecule has 186 valence electrons. The Morgan fingerprint density at radius 2 is 1.91 bits per heavy atom. The fraction of sp³-hybridized carbons (Fsp3) is 0.375. The second kappa shape index (κ2) is 10.6. The van der Waals surface area contributed by atoms with Crippen molar-refractivity contribution in [1.82, 2.24) is 24.4 Å². The molecule has 0 radical (unpaired) electrons. The Hall–Kier alpha value is -3.21. The van der Waals surface area contributed by atoms with E-state index >= 15 is 4.39 Å². The number of nitrogens with zero attached hydrogens (tertiary/aromatic N) is 5. The summed E-state index contributed by atoms with van der Waals surface area (Å²) in [6.07, 6.45) is 2.83. The zero-order valence-electron chi connectivity index (χ0n) is 20.1. The third-order valence-corrected chi connectivity index (χ3v) is 6.31. The molecule has 0 bridgehead atoms. The van der Waals surface area contributed by atoms with Crippen molar-refractivity contribution >= 4 is 45.3 Å². The van der Waals surface area contributed by atoms with Gasteiger partial charge < -0.3 is 31.0 Å². The Morgan fingerprint density at radius 1 is 1.17 bits per heavy atom. The number of hydrogen-bond acceptors (Lipinski definition) is 8. The number of fused-ring (bicyclic) bond motifs is 2. The molecule has 11 heteroatoms. The van der Waals surface area contributed by atoms with Gasteiger partial charge >= 0.3 is 6.01 Å². The molecule has 3 heterocycles. The van der Waals surface area contributed by atoms with Crippen molar-refractivity contribution in [3.8, 4) is 17.1 Å². The number of hydrogen-bond donors (Lipinski definition) is 3. The molecule has 2 aromatic heterocycles. The number of anilines is 2. The quantitative estimate of drug-likeness (QED) is 0.380. The van der Waals surface area contributed by atoms with Gasteiger partial charge in [-0.25, -0.2) is 9.37 Å². The molecular weight excluding hydrogens is 471 g/mol. The molecule has 4 aromatic rings. The average molecular weight is 501 g/mol. The van der Waals surface area contributed by atoms with Crippen molar-refractivity contribution in [2.45, 2.75) is 12.8 Å². The summed E-state index contributed by atoms with van der Waals surface area (Å²) in [5, 5.41) is 3.70. The normalized spacial score (nSPS) is 13.8. The number of methoxy groups -OCH3 is 1. The molecule has 1 aliphatic rings. The van der Waals surface area contributed by atoms with Crippen LogP contribution in [0.3, 0.4) is 0 Å². The summed E-state index contributed by atoms with van der Waals surface area (Å²) >= 11 is 6.54. The summed E-state index contributed by atoms with van der Waals surface area (Å²) in [7, 11) is 5.36. The van der Waals surface area contributed by atoms with E-state index in [4.69, 9.17) is 27.8 Å². The molecule has 5 rings (SSSR count). The minimum atomic E-state index is -0.587. The Kier molecular flexibility index (Phi) is 7.54. The van der Waals surface area contributed by atoms with Crippen molar-refractivity contribution in [3.05, 3.63) is 35.1 Å². The lowest BCUT2D eigenvalue weighted by Crippen LogP contribution is -2.14. The van der Waals surface area contributed by atoms with Gasteiger partial charge in [0, 0.05) is 36.7 Å². The maximum atomic E-state index is 15.8. The third-order valence-electron chi connectivity index (χ3n) is 6.01. The van der Waals surface area contributed by atoms with E-state index in [9.17, 15) is 0 Å². The first-order valence-corrected chi connectivity index (χ1v) is 11.8. The number of ether oxygens (including phenoxy) is 1. The van der Waals surface area contributed by atoms with E-state index < -0.39 is 5.82 Å². The number of para-hydroxylation sites is 1. The van der Waals surface area contributed by atoms with Gasteiger partial charge in [0.1, 0.15) is 11.3 Å². The van der Waals surface area contributed by atoms with Gasteiger partial charge in [0.05, 0.1) is 23.2 Å². The third kappa shape index (κ3) is 4.95. The van der Waals surface area contributed by atoms with E-state index in [-0.39, 0.29) is 22.1 Å². The molecule has 35 heavy (non-hydrogen) atoms. The monoisotopic (exact) mass is 500 g/mol. The van der Waals surface area contributed by atoms with Crippen LogP contribution in [-0.4, -0.2) is 64.8 Å². The molecule has 1 aliphatic heterocycles. The first-order valence-electron chi connectivity index (χ1n) is 11.4. The lowest BCUT2D eigenvalue weighted by Gasteiger charge is -2.14. The molecule has 0 saturated carbocycles. The van der Waals surface area contributed by atoms with Gasteiger partial charge in [0.2, 0.25) is 5.95 Å². The van der Waals surface area contributed by atoms with E-state index in [0.29, 0.717) is 46.8 Å². The number of benzene rings is 2. The van der Waals surface area contributed by atoms with Crippen LogP contribution in [0.15, 0.2) is 24.3 Å². The van der Waals surface area contributed by atoms with Crippen molar-refractivity contribution in [2.24, 2.45) is 12.8 Å². The van der Waals surface area contributed by atoms with Crippen LogP contribution in [0.4, 0.5) is 16.2 Å². The number of nitrogens with one attached hydrogen (secondary N) is 1. The smallest absolute Gasteiger partial charge is 0.318 e. The van der Waals surface area contributed by atoms with Gasteiger partial charge in [-0.05, 0) is 45.1 Å². The second-order valence-corrected chi connectivity index (χ2v) is 8.84. The van der Waals surface area contributed by atoms with E-state index in [1.807, 2.05) is 6.07 Å². The number of nitrogens with two attached hydrogens (primary N) is 2. The number of imidazole rings is 1. The van der Waals surface area contributed by atoms with Crippen LogP contribution < -0.4 is 21.5 Å². The highest BCUT2D eigenvalue weighted by Crippen LogP contribution is 2.40. The van der Waals surface area contributed by atoms with E-state index in [1.165, 1.54) is 33.0 Å². The summed E-state index contributed by atoms with van der Waals surface area (Å²) in [5.74, 6) is 0.131. The lowest BCUT2D eigenvalue weighted by atomic mass is 10.0. The van der Waals surface area contributed by atoms with Gasteiger partial charge in [0.25, 0.3) is 0 Å². The summed E-state index contributed by atoms with van der Waals surface area (Å²) in [5.41, 5.74) is 13.7. The molecule has 0 aliphatic carbocycles. The Balaban J connectivity index is 0.000000421. The largest absolute Gasteiger partial charge is 0.467 e. The van der Waals surface area contributed by atoms with Crippen molar-refractivity contribution in [3.63, 3.8) is 0 Å². The number of nitrogen functional groups attached to an aromatic ring is 1. The molecule has 1 fully saturated rings. The minimum absolute atomic E-state index is 0.0344. The van der Waals surface area contributed by atoms with Gasteiger partial charge in [-0.1, -0.05) is 23.7 Å². The van der Waals surface area contributed by atoms with Crippen molar-refractivity contribution in [1.29, 1.82) is 0 Å². The number of aryl methyl sites for hydroxylation is 1. The SMILES string of the molecule is CN1CCCC1.COc1nc(NCCN)c2cc(Cl)c(-c3cccc4nc(N)n(C)c34)c(F)c2n1. The molecule has 0 unspecified atom stereocenters. The minimum Gasteiger partial charge on any atom is -0.467 e. The first kappa shape index (κ1) is 24.9. The van der Waals surface area contributed by atoms with E-state index in [0.717, 1.165) is 0 Å². The number of halogens is 2. The fourth-order valence-corrected chi connectivity index (χ4v) is 4.50. The zero-order valence-corrected chi connectivity index (χ0v) is 20.9. The maximum absolute atomic E-state index is 15.8. The van der Waals surface area contributed by atoms with E-state index in [1.54, 1.807) is 29.8 Å². The molecule has 0 amide bonds. The Bertz CT molecular complexity index is 1350. The van der Waals surface area contributed by atoms with Gasteiger partial charge in [-0.15, -0.1) is 0 Å². The summed E-state index contributed by atoms with van der Waals surface area (Å²) in [6, 6.07) is 7.02. The molecule has 5 N–H and O–H groups in total. The van der Waals surface area contributed by atoms with Gasteiger partial charge in [-0.2, -0.15) is 9.97 Å². The van der Waals surface area contributed by atoms with Crippen LogP contribution in [-0.2, 0) is 7.05 Å². The molecule has 9 nitrogen and oxygen atoms in total. The maximum Gasteiger partial charge on any atom is 0.318 e. The van der Waals surface area contributed by atoms with Crippen LogP contribution in [0.2, 0.25) is 5.02 Å².